The van der Waals surface area contributed by atoms with Gasteiger partial charge in [0.15, 0.2) is 0 Å². The molecule has 17 heavy (non-hydrogen) atoms. The van der Waals surface area contributed by atoms with Crippen molar-refractivity contribution in [3.63, 3.8) is 0 Å². The fourth-order valence-corrected chi connectivity index (χ4v) is 2.48. The van der Waals surface area contributed by atoms with Crippen LogP contribution in [0.25, 0.3) is 0 Å². The van der Waals surface area contributed by atoms with E-state index in [-0.39, 0.29) is 11.2 Å². The van der Waals surface area contributed by atoms with Crippen molar-refractivity contribution in [1.29, 1.82) is 0 Å². The molecule has 0 aromatic heterocycles. The van der Waals surface area contributed by atoms with Crippen LogP contribution < -0.4 is 0 Å². The van der Waals surface area contributed by atoms with E-state index in [1.54, 1.807) is 0 Å². The Morgan fingerprint density at radius 2 is 1.53 bits per heavy atom. The van der Waals surface area contributed by atoms with Crippen LogP contribution in [0.15, 0.2) is 0 Å². The molecule has 2 heteroatoms. The van der Waals surface area contributed by atoms with Crippen molar-refractivity contribution < 1.29 is 9.47 Å². The van der Waals surface area contributed by atoms with Crippen LogP contribution >= 0.6 is 0 Å². The smallest absolute Gasteiger partial charge is 0.0635 e. The summed E-state index contributed by atoms with van der Waals surface area (Å²) in [5.74, 6) is 1.32. The molecule has 1 unspecified atom stereocenters. The van der Waals surface area contributed by atoms with Crippen LogP contribution in [0.1, 0.15) is 61.3 Å². The molecule has 0 bridgehead atoms. The van der Waals surface area contributed by atoms with E-state index in [0.29, 0.717) is 12.0 Å². The van der Waals surface area contributed by atoms with E-state index >= 15 is 0 Å². The van der Waals surface area contributed by atoms with Gasteiger partial charge < -0.3 is 9.47 Å². The van der Waals surface area contributed by atoms with Crippen molar-refractivity contribution in [2.75, 3.05) is 6.61 Å². The number of ether oxygens (including phenoxy) is 2. The minimum Gasteiger partial charge on any atom is -0.375 e. The van der Waals surface area contributed by atoms with Crippen LogP contribution in [0.2, 0.25) is 0 Å². The van der Waals surface area contributed by atoms with E-state index in [0.717, 1.165) is 12.5 Å². The zero-order chi connectivity index (χ0) is 13.3. The number of rotatable bonds is 3. The zero-order valence-corrected chi connectivity index (χ0v) is 12.7. The van der Waals surface area contributed by atoms with Gasteiger partial charge in [-0.2, -0.15) is 0 Å². The molecule has 1 aliphatic rings. The van der Waals surface area contributed by atoms with Gasteiger partial charge in [-0.3, -0.25) is 0 Å². The Labute approximate surface area is 107 Å². The summed E-state index contributed by atoms with van der Waals surface area (Å²) in [5.41, 5.74) is -0.0905. The minimum absolute atomic E-state index is 0.0435. The fraction of sp³-hybridized carbons (Fsp3) is 1.00. The topological polar surface area (TPSA) is 18.5 Å². The molecule has 0 heterocycles. The Bertz CT molecular complexity index is 234. The largest absolute Gasteiger partial charge is 0.375 e. The highest BCUT2D eigenvalue weighted by Gasteiger charge is 2.36. The van der Waals surface area contributed by atoms with Gasteiger partial charge >= 0.3 is 0 Å². The molecular formula is C15H30O2. The van der Waals surface area contributed by atoms with Crippen molar-refractivity contribution in [2.45, 2.75) is 78.6 Å². The highest BCUT2D eigenvalue weighted by atomic mass is 16.5. The number of hydrogen-bond acceptors (Lipinski definition) is 2. The zero-order valence-electron chi connectivity index (χ0n) is 12.7. The Morgan fingerprint density at radius 3 is 2.00 bits per heavy atom. The predicted molar refractivity (Wildman–Crippen MR) is 72.2 cm³/mol. The summed E-state index contributed by atoms with van der Waals surface area (Å²) in [6.07, 6.45) is 2.78. The molecule has 0 spiro atoms. The summed E-state index contributed by atoms with van der Waals surface area (Å²) in [6, 6.07) is 0. The summed E-state index contributed by atoms with van der Waals surface area (Å²) in [5, 5.41) is 0. The molecule has 102 valence electrons. The van der Waals surface area contributed by atoms with E-state index < -0.39 is 0 Å². The third kappa shape index (κ3) is 5.87. The van der Waals surface area contributed by atoms with Gasteiger partial charge in [0.1, 0.15) is 0 Å². The van der Waals surface area contributed by atoms with Crippen LogP contribution in [-0.4, -0.2) is 23.9 Å². The van der Waals surface area contributed by atoms with Crippen molar-refractivity contribution >= 4 is 0 Å². The maximum Gasteiger partial charge on any atom is 0.0635 e. The molecule has 1 aliphatic carbocycles. The quantitative estimate of drug-likeness (QED) is 0.744. The first-order valence-electron chi connectivity index (χ1n) is 6.88. The fourth-order valence-electron chi connectivity index (χ4n) is 2.48. The second-order valence-corrected chi connectivity index (χ2v) is 7.53. The SMILES string of the molecule is CC1C[C@H](COC(C)(C)C)[C@@H](OC(C)(C)C)C1. The average molecular weight is 242 g/mol. The minimum atomic E-state index is -0.0469. The van der Waals surface area contributed by atoms with Gasteiger partial charge in [-0.1, -0.05) is 6.92 Å². The molecule has 0 N–H and O–H groups in total. The normalized spacial score (nSPS) is 30.9. The van der Waals surface area contributed by atoms with E-state index in [4.69, 9.17) is 9.47 Å². The van der Waals surface area contributed by atoms with E-state index in [2.05, 4.69) is 48.5 Å². The molecule has 1 rings (SSSR count). The van der Waals surface area contributed by atoms with E-state index in [1.807, 2.05) is 0 Å². The molecule has 3 atom stereocenters. The van der Waals surface area contributed by atoms with Gasteiger partial charge in [0.2, 0.25) is 0 Å². The Hall–Kier alpha value is -0.0800. The molecule has 0 aromatic carbocycles. The van der Waals surface area contributed by atoms with Crippen LogP contribution in [-0.2, 0) is 9.47 Å². The Kier molecular flexibility index (Phi) is 4.65. The van der Waals surface area contributed by atoms with Crippen molar-refractivity contribution in [2.24, 2.45) is 11.8 Å². The summed E-state index contributed by atoms with van der Waals surface area (Å²) in [7, 11) is 0. The third-order valence-corrected chi connectivity index (χ3v) is 3.10. The molecule has 0 aromatic rings. The van der Waals surface area contributed by atoms with Gasteiger partial charge in [-0.15, -0.1) is 0 Å². The second kappa shape index (κ2) is 5.27. The predicted octanol–water partition coefficient (Wildman–Crippen LogP) is 4.03. The molecule has 2 nitrogen and oxygen atoms in total. The lowest BCUT2D eigenvalue weighted by Gasteiger charge is -2.30. The van der Waals surface area contributed by atoms with Gasteiger partial charge in [0.25, 0.3) is 0 Å². The standard InChI is InChI=1S/C15H30O2/c1-11-8-12(10-16-14(2,3)4)13(9-11)17-15(5,6)7/h11-13H,8-10H2,1-7H3/t11?,12-,13+/m1/s1. The maximum absolute atomic E-state index is 6.17. The summed E-state index contributed by atoms with van der Waals surface area (Å²) < 4.78 is 12.1. The van der Waals surface area contributed by atoms with Crippen LogP contribution in [0.5, 0.6) is 0 Å². The van der Waals surface area contributed by atoms with Crippen LogP contribution in [0.4, 0.5) is 0 Å². The van der Waals surface area contributed by atoms with Gasteiger partial charge in [-0.25, -0.2) is 0 Å². The van der Waals surface area contributed by atoms with E-state index in [1.165, 1.54) is 12.8 Å². The lowest BCUT2D eigenvalue weighted by molar-refractivity contribution is -0.103. The first-order chi connectivity index (χ1) is 7.57. The summed E-state index contributed by atoms with van der Waals surface area (Å²) >= 11 is 0. The highest BCUT2D eigenvalue weighted by molar-refractivity contribution is 4.84. The van der Waals surface area contributed by atoms with Gasteiger partial charge in [-0.05, 0) is 60.3 Å². The molecular weight excluding hydrogens is 212 g/mol. The summed E-state index contributed by atoms with van der Waals surface area (Å²) in [4.78, 5) is 0. The Balaban J connectivity index is 2.51. The first kappa shape index (κ1) is 15.0. The summed E-state index contributed by atoms with van der Waals surface area (Å²) in [6.45, 7) is 15.9. The lowest BCUT2D eigenvalue weighted by Crippen LogP contribution is -2.33. The third-order valence-electron chi connectivity index (χ3n) is 3.10. The van der Waals surface area contributed by atoms with Crippen molar-refractivity contribution in [3.8, 4) is 0 Å². The van der Waals surface area contributed by atoms with Crippen LogP contribution in [0.3, 0.4) is 0 Å². The average Bonchev–Trinajstić information content (AvgIpc) is 2.38. The molecule has 0 radical (unpaired) electrons. The molecule has 1 saturated carbocycles. The lowest BCUT2D eigenvalue weighted by atomic mass is 10.0. The van der Waals surface area contributed by atoms with Crippen molar-refractivity contribution in [3.05, 3.63) is 0 Å². The molecule has 0 saturated heterocycles. The number of hydrogen-bond donors (Lipinski definition) is 0. The van der Waals surface area contributed by atoms with E-state index in [9.17, 15) is 0 Å². The first-order valence-corrected chi connectivity index (χ1v) is 6.88. The monoisotopic (exact) mass is 242 g/mol. The van der Waals surface area contributed by atoms with Gasteiger partial charge in [0, 0.05) is 5.92 Å². The maximum atomic E-state index is 6.17. The van der Waals surface area contributed by atoms with Crippen molar-refractivity contribution in [1.82, 2.24) is 0 Å². The second-order valence-electron chi connectivity index (χ2n) is 7.53. The Morgan fingerprint density at radius 1 is 0.941 bits per heavy atom. The van der Waals surface area contributed by atoms with Gasteiger partial charge in [0.05, 0.1) is 23.9 Å². The van der Waals surface area contributed by atoms with Crippen LogP contribution in [0, 0.1) is 11.8 Å². The molecule has 0 amide bonds. The molecule has 0 aliphatic heterocycles. The molecule has 1 fully saturated rings. The highest BCUT2D eigenvalue weighted by Crippen LogP contribution is 2.36.